The number of methoxy groups -OCH3 is 1. The van der Waals surface area contributed by atoms with Gasteiger partial charge < -0.3 is 9.64 Å². The minimum absolute atomic E-state index is 0.211. The summed E-state index contributed by atoms with van der Waals surface area (Å²) in [5.41, 5.74) is 4.06. The molecule has 0 saturated carbocycles. The van der Waals surface area contributed by atoms with Gasteiger partial charge in [0.05, 0.1) is 12.8 Å². The molecule has 0 radical (unpaired) electrons. The van der Waals surface area contributed by atoms with Gasteiger partial charge in [0.15, 0.2) is 0 Å². The SMILES string of the molecule is COc1ccc(-c2nc(-c3ccc(N4CCCC4=O)cc3)cs2)cc1. The fraction of sp³-hybridized carbons (Fsp3) is 0.200. The van der Waals surface area contributed by atoms with Crippen LogP contribution in [0.15, 0.2) is 53.9 Å². The second-order valence-electron chi connectivity index (χ2n) is 5.96. The van der Waals surface area contributed by atoms with Crippen LogP contribution < -0.4 is 9.64 Å². The average molecular weight is 350 g/mol. The first-order chi connectivity index (χ1) is 12.2. The van der Waals surface area contributed by atoms with Crippen LogP contribution in [0.2, 0.25) is 0 Å². The van der Waals surface area contributed by atoms with Crippen LogP contribution in [-0.2, 0) is 4.79 Å². The Bertz CT molecular complexity index is 885. The van der Waals surface area contributed by atoms with Gasteiger partial charge in [-0.1, -0.05) is 12.1 Å². The van der Waals surface area contributed by atoms with Gasteiger partial charge in [0.2, 0.25) is 5.91 Å². The summed E-state index contributed by atoms with van der Waals surface area (Å²) in [6.45, 7) is 0.816. The maximum absolute atomic E-state index is 11.8. The van der Waals surface area contributed by atoms with E-state index in [4.69, 9.17) is 9.72 Å². The zero-order valence-corrected chi connectivity index (χ0v) is 14.8. The number of hydrogen-bond donors (Lipinski definition) is 0. The van der Waals surface area contributed by atoms with Crippen LogP contribution in [0.1, 0.15) is 12.8 Å². The summed E-state index contributed by atoms with van der Waals surface area (Å²) < 4.78 is 5.20. The Morgan fingerprint density at radius 1 is 1.04 bits per heavy atom. The Balaban J connectivity index is 1.56. The number of aromatic nitrogens is 1. The zero-order chi connectivity index (χ0) is 17.2. The molecule has 2 heterocycles. The lowest BCUT2D eigenvalue weighted by atomic mass is 10.1. The van der Waals surface area contributed by atoms with Crippen LogP contribution in [-0.4, -0.2) is 24.5 Å². The molecule has 5 heteroatoms. The standard InChI is InChI=1S/C20H18N2O2S/c1-24-17-10-6-15(7-11-17)20-21-18(13-25-20)14-4-8-16(9-5-14)22-12-2-3-19(22)23/h4-11,13H,2-3,12H2,1H3. The molecular weight excluding hydrogens is 332 g/mol. The van der Waals surface area contributed by atoms with Crippen LogP contribution in [0.3, 0.4) is 0 Å². The molecule has 0 unspecified atom stereocenters. The van der Waals surface area contributed by atoms with Gasteiger partial charge in [-0.3, -0.25) is 4.79 Å². The van der Waals surface area contributed by atoms with Crippen molar-refractivity contribution in [2.75, 3.05) is 18.6 Å². The van der Waals surface area contributed by atoms with Crippen molar-refractivity contribution < 1.29 is 9.53 Å². The topological polar surface area (TPSA) is 42.4 Å². The van der Waals surface area contributed by atoms with Crippen molar-refractivity contribution in [3.8, 4) is 27.6 Å². The molecule has 4 nitrogen and oxygen atoms in total. The third-order valence-electron chi connectivity index (χ3n) is 4.39. The molecule has 1 aromatic heterocycles. The molecule has 25 heavy (non-hydrogen) atoms. The highest BCUT2D eigenvalue weighted by Crippen LogP contribution is 2.31. The zero-order valence-electron chi connectivity index (χ0n) is 13.9. The van der Waals surface area contributed by atoms with E-state index in [1.54, 1.807) is 18.4 Å². The normalized spacial score (nSPS) is 14.1. The highest BCUT2D eigenvalue weighted by molar-refractivity contribution is 7.13. The summed E-state index contributed by atoms with van der Waals surface area (Å²) in [5.74, 6) is 1.05. The minimum Gasteiger partial charge on any atom is -0.497 e. The highest BCUT2D eigenvalue weighted by atomic mass is 32.1. The van der Waals surface area contributed by atoms with E-state index in [1.165, 1.54) is 0 Å². The molecule has 1 saturated heterocycles. The molecule has 1 amide bonds. The molecular formula is C20H18N2O2S. The summed E-state index contributed by atoms with van der Waals surface area (Å²) in [4.78, 5) is 18.4. The molecule has 2 aromatic carbocycles. The summed E-state index contributed by atoms with van der Waals surface area (Å²) in [5, 5.41) is 3.05. The van der Waals surface area contributed by atoms with Crippen LogP contribution >= 0.6 is 11.3 Å². The molecule has 0 spiro atoms. The first-order valence-electron chi connectivity index (χ1n) is 8.25. The third-order valence-corrected chi connectivity index (χ3v) is 5.28. The van der Waals surface area contributed by atoms with Crippen LogP contribution in [0.4, 0.5) is 5.69 Å². The number of amides is 1. The summed E-state index contributed by atoms with van der Waals surface area (Å²) in [6.07, 6.45) is 1.59. The van der Waals surface area contributed by atoms with Gasteiger partial charge >= 0.3 is 0 Å². The third kappa shape index (κ3) is 3.15. The fourth-order valence-corrected chi connectivity index (χ4v) is 3.84. The van der Waals surface area contributed by atoms with Crippen molar-refractivity contribution in [3.05, 3.63) is 53.9 Å². The fourth-order valence-electron chi connectivity index (χ4n) is 3.01. The van der Waals surface area contributed by atoms with Gasteiger partial charge in [0.25, 0.3) is 0 Å². The van der Waals surface area contributed by atoms with Crippen LogP contribution in [0.25, 0.3) is 21.8 Å². The monoisotopic (exact) mass is 350 g/mol. The quantitative estimate of drug-likeness (QED) is 0.690. The van der Waals surface area contributed by atoms with E-state index < -0.39 is 0 Å². The van der Waals surface area contributed by atoms with E-state index in [9.17, 15) is 4.79 Å². The number of carbonyl (C=O) groups excluding carboxylic acids is 1. The summed E-state index contributed by atoms with van der Waals surface area (Å²) in [7, 11) is 1.66. The van der Waals surface area contributed by atoms with Crippen molar-refractivity contribution in [3.63, 3.8) is 0 Å². The van der Waals surface area contributed by atoms with Gasteiger partial charge in [0, 0.05) is 35.2 Å². The summed E-state index contributed by atoms with van der Waals surface area (Å²) in [6, 6.07) is 16.0. The lowest BCUT2D eigenvalue weighted by molar-refractivity contribution is -0.117. The van der Waals surface area contributed by atoms with E-state index in [0.717, 1.165) is 46.2 Å². The van der Waals surface area contributed by atoms with Crippen molar-refractivity contribution >= 4 is 22.9 Å². The molecule has 1 fully saturated rings. The minimum atomic E-state index is 0.211. The Labute approximate surface area is 150 Å². The number of carbonyl (C=O) groups is 1. The van der Waals surface area contributed by atoms with Gasteiger partial charge in [-0.25, -0.2) is 4.98 Å². The Kier molecular flexibility index (Phi) is 4.24. The van der Waals surface area contributed by atoms with Gasteiger partial charge in [-0.05, 0) is 42.8 Å². The highest BCUT2D eigenvalue weighted by Gasteiger charge is 2.21. The maximum atomic E-state index is 11.8. The van der Waals surface area contributed by atoms with Crippen LogP contribution in [0, 0.1) is 0 Å². The van der Waals surface area contributed by atoms with E-state index in [1.807, 2.05) is 53.4 Å². The number of rotatable bonds is 4. The molecule has 0 atom stereocenters. The number of anilines is 1. The van der Waals surface area contributed by atoms with Gasteiger partial charge in [-0.15, -0.1) is 11.3 Å². The Morgan fingerprint density at radius 2 is 1.76 bits per heavy atom. The van der Waals surface area contributed by atoms with E-state index >= 15 is 0 Å². The molecule has 1 aliphatic heterocycles. The molecule has 3 aromatic rings. The van der Waals surface area contributed by atoms with Crippen molar-refractivity contribution in [1.29, 1.82) is 0 Å². The summed E-state index contributed by atoms with van der Waals surface area (Å²) >= 11 is 1.62. The lowest BCUT2D eigenvalue weighted by Gasteiger charge is -2.15. The Hall–Kier alpha value is -2.66. The van der Waals surface area contributed by atoms with Crippen LogP contribution in [0.5, 0.6) is 5.75 Å². The predicted molar refractivity (Wildman–Crippen MR) is 101 cm³/mol. The van der Waals surface area contributed by atoms with Gasteiger partial charge in [0.1, 0.15) is 10.8 Å². The molecule has 4 rings (SSSR count). The largest absolute Gasteiger partial charge is 0.497 e. The predicted octanol–water partition coefficient (Wildman–Crippen LogP) is 4.61. The second-order valence-corrected chi connectivity index (χ2v) is 6.82. The van der Waals surface area contributed by atoms with E-state index in [0.29, 0.717) is 6.42 Å². The number of hydrogen-bond acceptors (Lipinski definition) is 4. The number of benzene rings is 2. The first kappa shape index (κ1) is 15.8. The molecule has 0 bridgehead atoms. The molecule has 1 aliphatic rings. The molecule has 0 N–H and O–H groups in total. The van der Waals surface area contributed by atoms with E-state index in [-0.39, 0.29) is 5.91 Å². The number of nitrogens with zero attached hydrogens (tertiary/aromatic N) is 2. The first-order valence-corrected chi connectivity index (χ1v) is 9.13. The molecule has 0 aliphatic carbocycles. The van der Waals surface area contributed by atoms with Crippen molar-refractivity contribution in [1.82, 2.24) is 4.98 Å². The van der Waals surface area contributed by atoms with E-state index in [2.05, 4.69) is 5.38 Å². The maximum Gasteiger partial charge on any atom is 0.227 e. The van der Waals surface area contributed by atoms with Crippen molar-refractivity contribution in [2.24, 2.45) is 0 Å². The number of thiazole rings is 1. The van der Waals surface area contributed by atoms with Gasteiger partial charge in [-0.2, -0.15) is 0 Å². The molecule has 126 valence electrons. The lowest BCUT2D eigenvalue weighted by Crippen LogP contribution is -2.23. The second kappa shape index (κ2) is 6.69. The number of ether oxygens (including phenoxy) is 1. The average Bonchev–Trinajstić information content (AvgIpc) is 3.31. The smallest absolute Gasteiger partial charge is 0.227 e. The van der Waals surface area contributed by atoms with Crippen molar-refractivity contribution in [2.45, 2.75) is 12.8 Å². The Morgan fingerprint density at radius 3 is 2.40 bits per heavy atom.